The second kappa shape index (κ2) is 5.03. The van der Waals surface area contributed by atoms with Crippen molar-refractivity contribution in [3.8, 4) is 11.5 Å². The van der Waals surface area contributed by atoms with Gasteiger partial charge in [0.05, 0.1) is 4.90 Å². The Kier molecular flexibility index (Phi) is 3.59. The van der Waals surface area contributed by atoms with Crippen LogP contribution in [-0.4, -0.2) is 8.42 Å². The Morgan fingerprint density at radius 1 is 1.00 bits per heavy atom. The van der Waals surface area contributed by atoms with Crippen molar-refractivity contribution in [2.45, 2.75) is 18.7 Å². The Hall–Kier alpha value is -1.85. The van der Waals surface area contributed by atoms with Crippen molar-refractivity contribution in [1.82, 2.24) is 0 Å². The molecule has 19 heavy (non-hydrogen) atoms. The van der Waals surface area contributed by atoms with Gasteiger partial charge in [-0.25, -0.2) is 13.6 Å². The summed E-state index contributed by atoms with van der Waals surface area (Å²) in [6, 6.07) is 11.9. The van der Waals surface area contributed by atoms with Crippen LogP contribution in [0.1, 0.15) is 11.1 Å². The molecular formula is C14H15NO3S. The van der Waals surface area contributed by atoms with Gasteiger partial charge in [0.25, 0.3) is 0 Å². The van der Waals surface area contributed by atoms with E-state index in [1.54, 1.807) is 12.1 Å². The van der Waals surface area contributed by atoms with E-state index in [0.717, 1.165) is 16.9 Å². The highest BCUT2D eigenvalue weighted by Gasteiger charge is 2.08. The summed E-state index contributed by atoms with van der Waals surface area (Å²) in [7, 11) is -3.66. The molecule has 0 atom stereocenters. The molecule has 4 nitrogen and oxygen atoms in total. The first-order valence-corrected chi connectivity index (χ1v) is 7.29. The second-order valence-electron chi connectivity index (χ2n) is 4.39. The van der Waals surface area contributed by atoms with Crippen LogP contribution in [-0.2, 0) is 10.0 Å². The predicted octanol–water partition coefficient (Wildman–Crippen LogP) is 2.74. The van der Waals surface area contributed by atoms with Crippen LogP contribution in [0.3, 0.4) is 0 Å². The lowest BCUT2D eigenvalue weighted by Crippen LogP contribution is -2.11. The number of nitrogens with two attached hydrogens (primary N) is 1. The number of ether oxygens (including phenoxy) is 1. The van der Waals surface area contributed by atoms with Crippen LogP contribution in [0.25, 0.3) is 0 Å². The quantitative estimate of drug-likeness (QED) is 0.937. The van der Waals surface area contributed by atoms with E-state index >= 15 is 0 Å². The zero-order chi connectivity index (χ0) is 14.0. The van der Waals surface area contributed by atoms with Gasteiger partial charge in [-0.1, -0.05) is 17.7 Å². The maximum atomic E-state index is 11.1. The smallest absolute Gasteiger partial charge is 0.238 e. The Morgan fingerprint density at radius 3 is 2.16 bits per heavy atom. The number of sulfonamides is 1. The molecule has 2 aromatic carbocycles. The van der Waals surface area contributed by atoms with Crippen LogP contribution in [0, 0.1) is 13.8 Å². The fraction of sp³-hybridized carbons (Fsp3) is 0.143. The average molecular weight is 277 g/mol. The summed E-state index contributed by atoms with van der Waals surface area (Å²) in [5, 5.41) is 5.03. The molecule has 0 aliphatic rings. The van der Waals surface area contributed by atoms with E-state index in [1.165, 1.54) is 12.1 Å². The topological polar surface area (TPSA) is 69.4 Å². The van der Waals surface area contributed by atoms with Gasteiger partial charge < -0.3 is 4.74 Å². The normalized spacial score (nSPS) is 11.3. The monoisotopic (exact) mass is 277 g/mol. The summed E-state index contributed by atoms with van der Waals surface area (Å²) < 4.78 is 28.0. The van der Waals surface area contributed by atoms with E-state index in [4.69, 9.17) is 9.88 Å². The average Bonchev–Trinajstić information content (AvgIpc) is 2.32. The number of rotatable bonds is 3. The molecule has 2 aromatic rings. The van der Waals surface area contributed by atoms with Crippen molar-refractivity contribution in [3.05, 3.63) is 53.6 Å². The third-order valence-electron chi connectivity index (χ3n) is 2.71. The Labute approximate surface area is 112 Å². The molecular weight excluding hydrogens is 262 g/mol. The lowest BCUT2D eigenvalue weighted by atomic mass is 10.1. The largest absolute Gasteiger partial charge is 0.457 e. The lowest BCUT2D eigenvalue weighted by Gasteiger charge is -2.09. The summed E-state index contributed by atoms with van der Waals surface area (Å²) >= 11 is 0. The summed E-state index contributed by atoms with van der Waals surface area (Å²) in [5.74, 6) is 1.31. The van der Waals surface area contributed by atoms with Gasteiger partial charge in [-0.15, -0.1) is 0 Å². The van der Waals surface area contributed by atoms with E-state index in [9.17, 15) is 8.42 Å². The highest BCUT2D eigenvalue weighted by molar-refractivity contribution is 7.89. The molecule has 0 fully saturated rings. The van der Waals surface area contributed by atoms with E-state index in [2.05, 4.69) is 0 Å². The molecule has 5 heteroatoms. The van der Waals surface area contributed by atoms with Crippen LogP contribution in [0.4, 0.5) is 0 Å². The zero-order valence-electron chi connectivity index (χ0n) is 10.8. The number of primary sulfonamides is 1. The number of hydrogen-bond acceptors (Lipinski definition) is 3. The van der Waals surface area contributed by atoms with Gasteiger partial charge in [0, 0.05) is 0 Å². The van der Waals surface area contributed by atoms with Crippen LogP contribution >= 0.6 is 0 Å². The van der Waals surface area contributed by atoms with Gasteiger partial charge >= 0.3 is 0 Å². The maximum absolute atomic E-state index is 11.1. The molecule has 0 saturated heterocycles. The van der Waals surface area contributed by atoms with E-state index in [0.29, 0.717) is 5.75 Å². The molecule has 0 aromatic heterocycles. The minimum absolute atomic E-state index is 0.0699. The van der Waals surface area contributed by atoms with Crippen LogP contribution < -0.4 is 9.88 Å². The number of hydrogen-bond donors (Lipinski definition) is 1. The highest BCUT2D eigenvalue weighted by atomic mass is 32.2. The molecule has 0 spiro atoms. The van der Waals surface area contributed by atoms with Crippen LogP contribution in [0.5, 0.6) is 11.5 Å². The molecule has 2 N–H and O–H groups in total. The first-order chi connectivity index (χ1) is 8.86. The summed E-state index contributed by atoms with van der Waals surface area (Å²) in [5.41, 5.74) is 2.19. The van der Waals surface area contributed by atoms with Crippen molar-refractivity contribution in [2.24, 2.45) is 5.14 Å². The zero-order valence-corrected chi connectivity index (χ0v) is 11.6. The van der Waals surface area contributed by atoms with Gasteiger partial charge in [0.2, 0.25) is 10.0 Å². The maximum Gasteiger partial charge on any atom is 0.238 e. The minimum atomic E-state index is -3.66. The molecule has 100 valence electrons. The van der Waals surface area contributed by atoms with E-state index in [1.807, 2.05) is 32.0 Å². The van der Waals surface area contributed by atoms with Crippen molar-refractivity contribution in [2.75, 3.05) is 0 Å². The number of aryl methyl sites for hydroxylation is 2. The molecule has 0 unspecified atom stereocenters. The second-order valence-corrected chi connectivity index (χ2v) is 5.95. The first kappa shape index (κ1) is 13.6. The van der Waals surface area contributed by atoms with Crippen LogP contribution in [0.2, 0.25) is 0 Å². The third-order valence-corrected chi connectivity index (χ3v) is 3.64. The molecule has 0 aliphatic heterocycles. The van der Waals surface area contributed by atoms with Crippen molar-refractivity contribution < 1.29 is 13.2 Å². The van der Waals surface area contributed by atoms with Crippen molar-refractivity contribution >= 4 is 10.0 Å². The first-order valence-electron chi connectivity index (χ1n) is 5.74. The molecule has 0 radical (unpaired) electrons. The third kappa shape index (κ3) is 3.33. The van der Waals surface area contributed by atoms with Gasteiger partial charge in [0.15, 0.2) is 0 Å². The molecule has 2 rings (SSSR count). The van der Waals surface area contributed by atoms with Gasteiger partial charge in [0.1, 0.15) is 11.5 Å². The van der Waals surface area contributed by atoms with Gasteiger partial charge in [-0.2, -0.15) is 0 Å². The molecule has 0 saturated carbocycles. The Morgan fingerprint density at radius 2 is 1.63 bits per heavy atom. The fourth-order valence-electron chi connectivity index (χ4n) is 1.74. The SMILES string of the molecule is Cc1ccc(Oc2ccc(S(N)(=O)=O)cc2)c(C)c1. The van der Waals surface area contributed by atoms with Crippen molar-refractivity contribution in [1.29, 1.82) is 0 Å². The Bertz CT molecular complexity index is 691. The van der Waals surface area contributed by atoms with Crippen molar-refractivity contribution in [3.63, 3.8) is 0 Å². The summed E-state index contributed by atoms with van der Waals surface area (Å²) in [6.07, 6.45) is 0. The predicted molar refractivity (Wildman–Crippen MR) is 73.8 cm³/mol. The fourth-order valence-corrected chi connectivity index (χ4v) is 2.25. The number of benzene rings is 2. The minimum Gasteiger partial charge on any atom is -0.457 e. The Balaban J connectivity index is 2.25. The van der Waals surface area contributed by atoms with Gasteiger partial charge in [-0.05, 0) is 49.7 Å². The molecule has 0 heterocycles. The molecule has 0 aliphatic carbocycles. The lowest BCUT2D eigenvalue weighted by molar-refractivity contribution is 0.478. The van der Waals surface area contributed by atoms with Crippen LogP contribution in [0.15, 0.2) is 47.4 Å². The summed E-state index contributed by atoms with van der Waals surface area (Å²) in [4.78, 5) is 0.0699. The molecule has 0 bridgehead atoms. The van der Waals surface area contributed by atoms with Gasteiger partial charge in [-0.3, -0.25) is 0 Å². The highest BCUT2D eigenvalue weighted by Crippen LogP contribution is 2.26. The van der Waals surface area contributed by atoms with E-state index in [-0.39, 0.29) is 4.90 Å². The molecule has 0 amide bonds. The standard InChI is InChI=1S/C14H15NO3S/c1-10-3-8-14(11(2)9-10)18-12-4-6-13(7-5-12)19(15,16)17/h3-9H,1-2H3,(H2,15,16,17). The van der Waals surface area contributed by atoms with E-state index < -0.39 is 10.0 Å². The summed E-state index contributed by atoms with van der Waals surface area (Å²) in [6.45, 7) is 3.97.